The molecule has 5 aromatic heterocycles. The number of nitrogens with one attached hydrogen (secondary N) is 2. The Hall–Kier alpha value is -6.18. The van der Waals surface area contributed by atoms with Gasteiger partial charge in [-0.15, -0.1) is 32.8 Å². The van der Waals surface area contributed by atoms with Crippen LogP contribution in [0.2, 0.25) is 0 Å². The van der Waals surface area contributed by atoms with Crippen LogP contribution in [0, 0.1) is 20.8 Å². The van der Waals surface area contributed by atoms with Crippen molar-refractivity contribution in [2.45, 2.75) is 93.5 Å². The van der Waals surface area contributed by atoms with Gasteiger partial charge in [-0.1, -0.05) is 18.2 Å². The van der Waals surface area contributed by atoms with Gasteiger partial charge in [0.25, 0.3) is 5.91 Å². The summed E-state index contributed by atoms with van der Waals surface area (Å²) < 4.78 is 9.55. The Kier molecular flexibility index (Phi) is 17.7. The summed E-state index contributed by atoms with van der Waals surface area (Å²) in [6.45, 7) is 22.1. The molecule has 8 heterocycles. The third kappa shape index (κ3) is 12.0. The normalized spacial score (nSPS) is 17.4. The number of amides is 3. The number of aromatic nitrogens is 9. The lowest BCUT2D eigenvalue weighted by atomic mass is 10.2. The molecule has 0 spiro atoms. The predicted molar refractivity (Wildman–Crippen MR) is 237 cm³/mol. The highest BCUT2D eigenvalue weighted by Gasteiger charge is 2.30. The summed E-state index contributed by atoms with van der Waals surface area (Å²) in [5.41, 5.74) is 6.83. The smallest absolute Gasteiger partial charge is 0.283 e. The van der Waals surface area contributed by atoms with E-state index in [1.165, 1.54) is 0 Å². The summed E-state index contributed by atoms with van der Waals surface area (Å²) >= 11 is 0. The number of aliphatic imine (C=N–C) groups is 1. The van der Waals surface area contributed by atoms with E-state index < -0.39 is 0 Å². The maximum Gasteiger partial charge on any atom is 0.283 e. The van der Waals surface area contributed by atoms with Crippen LogP contribution < -0.4 is 16.6 Å². The molecule has 0 fully saturated rings. The number of nitrogen functional groups attached to an aromatic ring is 1. The van der Waals surface area contributed by atoms with Gasteiger partial charge in [-0.05, 0) is 84.9 Å². The number of hydrogen-bond donors (Lipinski definition) is 3. The zero-order valence-corrected chi connectivity index (χ0v) is 37.7. The molecule has 0 saturated carbocycles. The second kappa shape index (κ2) is 22.6. The lowest BCUT2D eigenvalue weighted by Gasteiger charge is -2.32. The van der Waals surface area contributed by atoms with E-state index in [2.05, 4.69) is 61.7 Å². The minimum atomic E-state index is -0.367. The minimum absolute atomic E-state index is 0. The average molecular weight is 872 g/mol. The summed E-state index contributed by atoms with van der Waals surface area (Å²) in [5.74, 6) is 8.85. The number of rotatable bonds is 4. The van der Waals surface area contributed by atoms with Gasteiger partial charge in [-0.25, -0.2) is 20.8 Å². The highest BCUT2D eigenvalue weighted by atomic mass is 35.5. The number of nitrogens with two attached hydrogens (primary N) is 1. The molecule has 0 bridgehead atoms. The molecule has 3 amide bonds. The molecule has 0 radical (unpaired) electrons. The van der Waals surface area contributed by atoms with E-state index in [0.717, 1.165) is 64.9 Å². The predicted octanol–water partition coefficient (Wildman–Crippen LogP) is 3.97. The lowest BCUT2D eigenvalue weighted by Crippen LogP contribution is -2.47. The topological polar surface area (TPSA) is 229 Å². The summed E-state index contributed by atoms with van der Waals surface area (Å²) in [6, 6.07) is 17.2. The molecule has 3 unspecified atom stereocenters. The number of hydrogen-bond acceptors (Lipinski definition) is 14. The molecule has 8 rings (SSSR count). The van der Waals surface area contributed by atoms with Crippen molar-refractivity contribution < 1.29 is 19.1 Å². The number of halogens is 1. The van der Waals surface area contributed by atoms with Gasteiger partial charge in [0.2, 0.25) is 17.7 Å². The van der Waals surface area contributed by atoms with Crippen LogP contribution in [0.3, 0.4) is 0 Å². The van der Waals surface area contributed by atoms with Gasteiger partial charge >= 0.3 is 0 Å². The number of carbonyl (C=O) groups excluding carboxylic acids is 3. The Morgan fingerprint density at radius 2 is 1.26 bits per heavy atom. The van der Waals surface area contributed by atoms with Gasteiger partial charge in [0, 0.05) is 63.7 Å². The first-order chi connectivity index (χ1) is 29.2. The number of carbonyl (C=O) groups is 3. The Balaban J connectivity index is 0.000000186. The number of hydrazine groups is 1. The van der Waals surface area contributed by atoms with Crippen molar-refractivity contribution in [2.24, 2.45) is 10.8 Å². The van der Waals surface area contributed by atoms with Crippen LogP contribution in [0.4, 0.5) is 0 Å². The fourth-order valence-electron chi connectivity index (χ4n) is 7.08. The molecule has 3 aliphatic rings. The first kappa shape index (κ1) is 48.5. The van der Waals surface area contributed by atoms with Crippen molar-refractivity contribution in [1.29, 1.82) is 0 Å². The summed E-state index contributed by atoms with van der Waals surface area (Å²) in [7, 11) is 0. The number of fused-ring (bicyclic) bond motifs is 2. The summed E-state index contributed by atoms with van der Waals surface area (Å²) in [4.78, 5) is 54.4. The van der Waals surface area contributed by atoms with Crippen molar-refractivity contribution in [2.75, 3.05) is 32.8 Å². The Morgan fingerprint density at radius 3 is 1.79 bits per heavy atom. The number of pyridine rings is 3. The molecular weight excluding hydrogens is 814 g/mol. The SMILES string of the molecule is CC(=O)N1CCn2c(-c3cccc(C)n3)nnc2C1C.CCOC1=NCCN(C(C)=O)C1C.Cc1cccc(-c2nnc3n2CCNC3C)n1.Cc1cccc(C(=O)NN)n1.Cl. The molecule has 0 aliphatic carbocycles. The van der Waals surface area contributed by atoms with Crippen LogP contribution in [0.5, 0.6) is 0 Å². The number of aryl methyl sites for hydroxylation is 3. The van der Waals surface area contributed by atoms with Gasteiger partial charge in [-0.2, -0.15) is 0 Å². The summed E-state index contributed by atoms with van der Waals surface area (Å²) in [6.07, 6.45) is 0. The fourth-order valence-corrected chi connectivity index (χ4v) is 7.08. The summed E-state index contributed by atoms with van der Waals surface area (Å²) in [5, 5.41) is 20.4. The molecule has 3 atom stereocenters. The monoisotopic (exact) mass is 871 g/mol. The first-order valence-electron chi connectivity index (χ1n) is 20.4. The van der Waals surface area contributed by atoms with E-state index in [9.17, 15) is 14.4 Å². The molecule has 332 valence electrons. The highest BCUT2D eigenvalue weighted by molar-refractivity contribution is 5.91. The van der Waals surface area contributed by atoms with Crippen molar-refractivity contribution in [3.05, 3.63) is 89.0 Å². The van der Waals surface area contributed by atoms with Gasteiger partial charge in [-0.3, -0.25) is 24.8 Å². The Morgan fingerprint density at radius 1 is 0.726 bits per heavy atom. The molecule has 4 N–H and O–H groups in total. The van der Waals surface area contributed by atoms with Crippen molar-refractivity contribution in [1.82, 2.24) is 65.0 Å². The van der Waals surface area contributed by atoms with Crippen LogP contribution in [0.15, 0.2) is 59.6 Å². The molecule has 5 aromatic rings. The van der Waals surface area contributed by atoms with E-state index in [0.29, 0.717) is 44.4 Å². The molecule has 0 saturated heterocycles. The van der Waals surface area contributed by atoms with Crippen molar-refractivity contribution >= 4 is 36.0 Å². The fraction of sp³-hybridized carbons (Fsp3) is 0.452. The number of ether oxygens (including phenoxy) is 1. The highest BCUT2D eigenvalue weighted by Crippen LogP contribution is 2.28. The maximum absolute atomic E-state index is 11.6. The first-order valence-corrected chi connectivity index (χ1v) is 20.4. The molecule has 19 nitrogen and oxygen atoms in total. The van der Waals surface area contributed by atoms with Crippen LogP contribution in [-0.4, -0.2) is 117 Å². The third-order valence-corrected chi connectivity index (χ3v) is 10.2. The van der Waals surface area contributed by atoms with Gasteiger partial charge in [0.05, 0.1) is 25.2 Å². The van der Waals surface area contributed by atoms with E-state index in [1.807, 2.05) is 94.3 Å². The molecule has 20 heteroatoms. The van der Waals surface area contributed by atoms with E-state index in [4.69, 9.17) is 10.6 Å². The average Bonchev–Trinajstić information content (AvgIpc) is 3.89. The molecule has 3 aliphatic heterocycles. The molecule has 0 aromatic carbocycles. The maximum atomic E-state index is 11.6. The Bertz CT molecular complexity index is 2330. The van der Waals surface area contributed by atoms with Crippen molar-refractivity contribution in [3.8, 4) is 23.0 Å². The second-order valence-corrected chi connectivity index (χ2v) is 14.6. The van der Waals surface area contributed by atoms with Gasteiger partial charge in [0.15, 0.2) is 17.5 Å². The van der Waals surface area contributed by atoms with Crippen LogP contribution in [0.25, 0.3) is 23.0 Å². The quantitative estimate of drug-likeness (QED) is 0.132. The van der Waals surface area contributed by atoms with Crippen molar-refractivity contribution in [3.63, 3.8) is 0 Å². The van der Waals surface area contributed by atoms with E-state index in [-0.39, 0.29) is 48.3 Å². The second-order valence-electron chi connectivity index (χ2n) is 14.6. The zero-order valence-electron chi connectivity index (χ0n) is 36.9. The number of nitrogens with zero attached hydrogens (tertiary/aromatic N) is 12. The van der Waals surface area contributed by atoms with Crippen LogP contribution >= 0.6 is 12.4 Å². The third-order valence-electron chi connectivity index (χ3n) is 10.2. The molecular formula is C42H58ClN15O4. The molecule has 62 heavy (non-hydrogen) atoms. The van der Waals surface area contributed by atoms with Gasteiger partial charge < -0.3 is 29.0 Å². The van der Waals surface area contributed by atoms with E-state index >= 15 is 0 Å². The van der Waals surface area contributed by atoms with Gasteiger partial charge in [0.1, 0.15) is 28.9 Å². The minimum Gasteiger partial charge on any atom is -0.480 e. The standard InChI is InChI=1S/C14H17N5O.C12H15N5.C9H16N2O2.C7H9N3O.ClH/c1-9-5-4-6-12(15-9)14-17-16-13-10(2)18(11(3)20)7-8-19(13)14;1-8-4-3-5-10(14-8)12-16-15-11-9(2)13-6-7-17(11)12;1-4-13-9-7(2)11(8(3)12)6-5-10-9;1-5-3-2-4-6(9-5)7(11)10-8;/h4-6,10H,7-8H2,1-3H3;3-5,9,13H,6-7H2,1-2H3;7H,4-6H2,1-3H3;2-4H,8H2,1H3,(H,10,11);1H. The van der Waals surface area contributed by atoms with E-state index in [1.54, 1.807) is 30.9 Å². The lowest BCUT2D eigenvalue weighted by molar-refractivity contribution is -0.132. The van der Waals surface area contributed by atoms with Crippen LogP contribution in [-0.2, 0) is 27.4 Å². The van der Waals surface area contributed by atoms with Crippen LogP contribution in [0.1, 0.15) is 92.8 Å². The Labute approximate surface area is 368 Å². The largest absolute Gasteiger partial charge is 0.480 e. The zero-order chi connectivity index (χ0) is 44.2.